The summed E-state index contributed by atoms with van der Waals surface area (Å²) in [6, 6.07) is 18.4. The minimum atomic E-state index is 0.0833. The number of amides is 2. The lowest BCUT2D eigenvalue weighted by atomic mass is 9.99. The molecule has 0 saturated carbocycles. The minimum absolute atomic E-state index is 0.0833. The Bertz CT molecular complexity index is 1280. The molecule has 1 unspecified atom stereocenters. The number of hydrogen-bond acceptors (Lipinski definition) is 3. The van der Waals surface area contributed by atoms with Gasteiger partial charge in [0.1, 0.15) is 0 Å². The number of para-hydroxylation sites is 1. The first-order valence-electron chi connectivity index (χ1n) is 12.0. The van der Waals surface area contributed by atoms with E-state index in [-0.39, 0.29) is 17.9 Å². The third kappa shape index (κ3) is 3.52. The van der Waals surface area contributed by atoms with E-state index in [1.54, 1.807) is 0 Å². The second-order valence-electron chi connectivity index (χ2n) is 9.30. The summed E-state index contributed by atoms with van der Waals surface area (Å²) >= 11 is 0. The number of likely N-dealkylation sites (tertiary alicyclic amines) is 2. The molecule has 1 aliphatic carbocycles. The maximum Gasteiger partial charge on any atom is 0.254 e. The fraction of sp³-hybridized carbons (Fsp3) is 0.321. The number of allylic oxidation sites excluding steroid dienone is 1. The van der Waals surface area contributed by atoms with E-state index in [2.05, 4.69) is 18.2 Å². The second kappa shape index (κ2) is 8.14. The van der Waals surface area contributed by atoms with Gasteiger partial charge in [0.05, 0.1) is 22.8 Å². The lowest BCUT2D eigenvalue weighted by Gasteiger charge is -2.25. The molecule has 2 aliphatic heterocycles. The van der Waals surface area contributed by atoms with Gasteiger partial charge in [0, 0.05) is 31.4 Å². The zero-order valence-corrected chi connectivity index (χ0v) is 18.7. The number of fused-ring (bicyclic) bond motifs is 2. The quantitative estimate of drug-likeness (QED) is 0.604. The molecule has 2 fully saturated rings. The molecule has 2 saturated heterocycles. The van der Waals surface area contributed by atoms with Crippen molar-refractivity contribution >= 4 is 34.4 Å². The Labute approximate surface area is 193 Å². The van der Waals surface area contributed by atoms with Gasteiger partial charge in [-0.25, -0.2) is 4.98 Å². The number of hydrogen-bond donors (Lipinski definition) is 0. The zero-order chi connectivity index (χ0) is 22.4. The highest BCUT2D eigenvalue weighted by Crippen LogP contribution is 2.38. The van der Waals surface area contributed by atoms with Gasteiger partial charge in [0.2, 0.25) is 5.91 Å². The van der Waals surface area contributed by atoms with Crippen LogP contribution in [0.5, 0.6) is 0 Å². The van der Waals surface area contributed by atoms with Gasteiger partial charge < -0.3 is 9.80 Å². The summed E-state index contributed by atoms with van der Waals surface area (Å²) in [7, 11) is 0. The van der Waals surface area contributed by atoms with Crippen molar-refractivity contribution in [2.75, 3.05) is 19.6 Å². The molecule has 166 valence electrons. The molecule has 6 rings (SSSR count). The van der Waals surface area contributed by atoms with Crippen molar-refractivity contribution in [2.24, 2.45) is 0 Å². The van der Waals surface area contributed by atoms with Gasteiger partial charge in [-0.05, 0) is 54.5 Å². The molecule has 1 atom stereocenters. The van der Waals surface area contributed by atoms with Crippen LogP contribution >= 0.6 is 0 Å². The first-order valence-corrected chi connectivity index (χ1v) is 12.0. The lowest BCUT2D eigenvalue weighted by Crippen LogP contribution is -2.39. The van der Waals surface area contributed by atoms with Crippen molar-refractivity contribution in [1.82, 2.24) is 14.8 Å². The number of benzene rings is 2. The van der Waals surface area contributed by atoms with Gasteiger partial charge >= 0.3 is 0 Å². The van der Waals surface area contributed by atoms with Crippen LogP contribution < -0.4 is 0 Å². The van der Waals surface area contributed by atoms with Gasteiger partial charge in [0.15, 0.2) is 0 Å². The summed E-state index contributed by atoms with van der Waals surface area (Å²) in [6.45, 7) is 2.15. The van der Waals surface area contributed by atoms with Crippen LogP contribution in [0.4, 0.5) is 0 Å². The standard InChI is InChI=1S/C28H27N3O2/c32-25-11-6-15-31(25)21-14-16-30(18-21)28(33)26-22-9-4-5-10-24(22)29-27-20(12-13-23(26)27)17-19-7-2-1-3-8-19/h1-5,7-10,17,21H,6,11-16,18H2/b20-17-. The molecule has 0 spiro atoms. The second-order valence-corrected chi connectivity index (χ2v) is 9.30. The Morgan fingerprint density at radius 1 is 0.970 bits per heavy atom. The first-order chi connectivity index (χ1) is 16.2. The summed E-state index contributed by atoms with van der Waals surface area (Å²) < 4.78 is 0. The maximum absolute atomic E-state index is 13.9. The van der Waals surface area contributed by atoms with Crippen molar-refractivity contribution < 1.29 is 9.59 Å². The van der Waals surface area contributed by atoms with Crippen molar-refractivity contribution in [2.45, 2.75) is 38.1 Å². The molecule has 3 aromatic rings. The molecule has 3 heterocycles. The van der Waals surface area contributed by atoms with Crippen LogP contribution in [-0.4, -0.2) is 52.3 Å². The molecule has 2 amide bonds. The number of nitrogens with zero attached hydrogens (tertiary/aromatic N) is 3. The predicted molar refractivity (Wildman–Crippen MR) is 130 cm³/mol. The number of carbonyl (C=O) groups excluding carboxylic acids is 2. The number of rotatable bonds is 3. The van der Waals surface area contributed by atoms with Crippen molar-refractivity contribution in [1.29, 1.82) is 0 Å². The van der Waals surface area contributed by atoms with Crippen molar-refractivity contribution in [3.05, 3.63) is 77.0 Å². The lowest BCUT2D eigenvalue weighted by molar-refractivity contribution is -0.129. The molecule has 3 aliphatic rings. The first kappa shape index (κ1) is 20.2. The maximum atomic E-state index is 13.9. The highest BCUT2D eigenvalue weighted by atomic mass is 16.2. The van der Waals surface area contributed by atoms with E-state index >= 15 is 0 Å². The molecule has 0 bridgehead atoms. The molecular formula is C28H27N3O2. The average molecular weight is 438 g/mol. The fourth-order valence-corrected chi connectivity index (χ4v) is 5.67. The number of carbonyl (C=O) groups is 2. The zero-order valence-electron chi connectivity index (χ0n) is 18.7. The topological polar surface area (TPSA) is 53.5 Å². The predicted octanol–water partition coefficient (Wildman–Crippen LogP) is 4.56. The van der Waals surface area contributed by atoms with E-state index in [0.717, 1.165) is 65.5 Å². The molecule has 5 heteroatoms. The van der Waals surface area contributed by atoms with E-state index in [9.17, 15) is 9.59 Å². The van der Waals surface area contributed by atoms with Crippen LogP contribution in [0.15, 0.2) is 54.6 Å². The fourth-order valence-electron chi connectivity index (χ4n) is 5.67. The Balaban J connectivity index is 1.39. The van der Waals surface area contributed by atoms with Crippen LogP contribution in [0, 0.1) is 0 Å². The average Bonchev–Trinajstić information content (AvgIpc) is 3.58. The monoisotopic (exact) mass is 437 g/mol. The van der Waals surface area contributed by atoms with Crippen LogP contribution in [0.2, 0.25) is 0 Å². The van der Waals surface area contributed by atoms with Crippen LogP contribution in [-0.2, 0) is 11.2 Å². The molecule has 0 radical (unpaired) electrons. The molecule has 33 heavy (non-hydrogen) atoms. The largest absolute Gasteiger partial charge is 0.338 e. The minimum Gasteiger partial charge on any atom is -0.338 e. The van der Waals surface area contributed by atoms with Gasteiger partial charge in [-0.3, -0.25) is 9.59 Å². The Kier molecular flexibility index (Phi) is 4.97. The van der Waals surface area contributed by atoms with E-state index in [4.69, 9.17) is 4.98 Å². The SMILES string of the molecule is O=C(c1c2c(nc3ccccc13)/C(=C\c1ccccc1)CC2)N1CCC(N2CCCC2=O)C1. The van der Waals surface area contributed by atoms with Gasteiger partial charge in [-0.1, -0.05) is 48.5 Å². The summed E-state index contributed by atoms with van der Waals surface area (Å²) in [4.78, 5) is 35.1. The Hall–Kier alpha value is -3.47. The molecule has 2 aromatic carbocycles. The molecular weight excluding hydrogens is 410 g/mol. The number of aromatic nitrogens is 1. The molecule has 0 N–H and O–H groups in total. The molecule has 5 nitrogen and oxygen atoms in total. The van der Waals surface area contributed by atoms with Gasteiger partial charge in [-0.2, -0.15) is 0 Å². The smallest absolute Gasteiger partial charge is 0.254 e. The summed E-state index contributed by atoms with van der Waals surface area (Å²) in [5.41, 5.74) is 6.05. The Morgan fingerprint density at radius 3 is 2.61 bits per heavy atom. The van der Waals surface area contributed by atoms with Crippen molar-refractivity contribution in [3.8, 4) is 0 Å². The van der Waals surface area contributed by atoms with E-state index in [1.807, 2.05) is 52.3 Å². The van der Waals surface area contributed by atoms with E-state index < -0.39 is 0 Å². The molecule has 1 aromatic heterocycles. The van der Waals surface area contributed by atoms with E-state index in [1.165, 1.54) is 5.57 Å². The van der Waals surface area contributed by atoms with Crippen molar-refractivity contribution in [3.63, 3.8) is 0 Å². The van der Waals surface area contributed by atoms with Crippen LogP contribution in [0.1, 0.15) is 52.9 Å². The van der Waals surface area contributed by atoms with Gasteiger partial charge in [-0.15, -0.1) is 0 Å². The van der Waals surface area contributed by atoms with Crippen LogP contribution in [0.3, 0.4) is 0 Å². The highest BCUT2D eigenvalue weighted by molar-refractivity contribution is 6.09. The van der Waals surface area contributed by atoms with Crippen LogP contribution in [0.25, 0.3) is 22.6 Å². The summed E-state index contributed by atoms with van der Waals surface area (Å²) in [5.74, 6) is 0.320. The summed E-state index contributed by atoms with van der Waals surface area (Å²) in [5, 5.41) is 0.933. The number of pyridine rings is 1. The summed E-state index contributed by atoms with van der Waals surface area (Å²) in [6.07, 6.45) is 6.36. The third-order valence-electron chi connectivity index (χ3n) is 7.30. The normalized spacial score (nSPS) is 21.4. The highest BCUT2D eigenvalue weighted by Gasteiger charge is 2.37. The Morgan fingerprint density at radius 2 is 1.79 bits per heavy atom. The van der Waals surface area contributed by atoms with Gasteiger partial charge in [0.25, 0.3) is 5.91 Å². The third-order valence-corrected chi connectivity index (χ3v) is 7.30. The van der Waals surface area contributed by atoms with E-state index in [0.29, 0.717) is 19.5 Å².